The zero-order valence-electron chi connectivity index (χ0n) is 71.1. The first-order valence-electron chi connectivity index (χ1n) is 40.6. The van der Waals surface area contributed by atoms with E-state index in [1.165, 1.54) is 55.1 Å². The average Bonchev–Trinajstić information content (AvgIpc) is 1.59. The van der Waals surface area contributed by atoms with E-state index < -0.39 is 238 Å². The van der Waals surface area contributed by atoms with Crippen molar-refractivity contribution < 1.29 is 128 Å². The minimum Gasteiger partial charge on any atom is -0.508 e. The summed E-state index contributed by atoms with van der Waals surface area (Å²) in [6.07, 6.45) is -3.76. The zero-order chi connectivity index (χ0) is 94.3. The number of alkyl carbamates (subject to hydrolysis) is 1. The van der Waals surface area contributed by atoms with Crippen molar-refractivity contribution in [1.82, 2.24) is 78.4 Å². The lowest BCUT2D eigenvalue weighted by molar-refractivity contribution is -0.277. The maximum atomic E-state index is 15.3. The molecule has 5 aromatic rings. The number of ether oxygens (including phenoxy) is 1. The number of anilines is 1. The van der Waals surface area contributed by atoms with E-state index in [0.717, 1.165) is 31.4 Å². The highest BCUT2D eigenvalue weighted by Gasteiger charge is 2.39. The standard InChI is InChI=1S/C82H113N17O26S3/c1-46(36-97(38-68(107)108)39-69(109)110)99(45-124-123)54(37-98(40-70(111)112)41-71(113)114)28-50-19-23-53(24-20-50)87-80(126)95-67(106)35-86-85-34-56(104)32-66(105)88-60(29-49-14-8-7-9-15-49)74(116)93-64-43-127-128-44-65(78(120)92-63(42-100)47(2)101)94-79(121)72(48(3)102)96-73(115)59(18-12-13-27-83-81(122)125-82(4,5)6)89-76(118)62(31-52-33-84-58-17-11-10-16-57(52)58)91-75(117)61(90-77(64)119)30-51-21-25-55(103)26-22-51/h7-11,14-17,19-26,33,46-48,54,59-65,72,84-86,100-102H,12-13,18,27-32,34-45H2,1-6H3,(H17,83,87,88,89,90,91,92,93,94,95,96,103,105,106,107,108,109,110,111,112,113,114,115,116,117,118,119,120,121,122,123,126)/p-1/t46-,47+,48+,54+,59-,60?,61-,62?,63+,64?,65?,72-/m0/s1. The number of rotatable bonds is 45. The molecule has 1 aromatic heterocycles. The summed E-state index contributed by atoms with van der Waals surface area (Å²) in [5, 5.41) is 121. The number of nitrogens with one attached hydrogen (secondary N) is 13. The summed E-state index contributed by atoms with van der Waals surface area (Å²) >= 11 is 5.31. The summed E-state index contributed by atoms with van der Waals surface area (Å²) in [5.74, 6) is -16.2. The maximum absolute atomic E-state index is 15.3. The molecular weight excluding hydrogens is 1740 g/mol. The Hall–Kier alpha value is -11.5. The van der Waals surface area contributed by atoms with Gasteiger partial charge in [-0.1, -0.05) is 119 Å². The number of hydrogen-bond acceptors (Lipinski definition) is 30. The van der Waals surface area contributed by atoms with Crippen LogP contribution in [0.5, 0.6) is 5.75 Å². The number of unbranched alkanes of at least 4 members (excludes halogenated alkanes) is 1. The van der Waals surface area contributed by atoms with E-state index in [4.69, 9.17) is 17.0 Å². The van der Waals surface area contributed by atoms with Gasteiger partial charge in [0, 0.05) is 84.7 Å². The zero-order valence-corrected chi connectivity index (χ0v) is 73.6. The van der Waals surface area contributed by atoms with E-state index in [1.807, 2.05) is 0 Å². The molecule has 46 heteroatoms. The molecule has 10 amide bonds. The molecule has 0 saturated carbocycles. The van der Waals surface area contributed by atoms with Crippen LogP contribution in [0.1, 0.15) is 89.5 Å². The van der Waals surface area contributed by atoms with E-state index in [9.17, 15) is 98.8 Å². The number of aromatic nitrogens is 1. The number of carboxylic acids is 4. The Morgan fingerprint density at radius 1 is 0.641 bits per heavy atom. The Labute approximate surface area is 749 Å². The van der Waals surface area contributed by atoms with Gasteiger partial charge in [-0.15, -0.1) is 0 Å². The Kier molecular flexibility index (Phi) is 43.8. The van der Waals surface area contributed by atoms with Crippen LogP contribution in [0.2, 0.25) is 0 Å². The van der Waals surface area contributed by atoms with Crippen molar-refractivity contribution in [3.63, 3.8) is 0 Å². The number of hydrazine groups is 1. The number of fused-ring (bicyclic) bond motifs is 1. The Morgan fingerprint density at radius 2 is 1.21 bits per heavy atom. The van der Waals surface area contributed by atoms with Crippen molar-refractivity contribution in [2.45, 2.75) is 171 Å². The second kappa shape index (κ2) is 53.3. The van der Waals surface area contributed by atoms with Gasteiger partial charge in [-0.05, 0) is 113 Å². The minimum atomic E-state index is -1.86. The van der Waals surface area contributed by atoms with Gasteiger partial charge in [0.15, 0.2) is 11.7 Å². The van der Waals surface area contributed by atoms with E-state index in [0.29, 0.717) is 38.8 Å². The highest BCUT2D eigenvalue weighted by molar-refractivity contribution is 8.76. The number of aromatic amines is 1. The predicted octanol–water partition coefficient (Wildman–Crippen LogP) is -1.03. The highest BCUT2D eigenvalue weighted by Crippen LogP contribution is 2.26. The number of carbonyl (C=O) groups is 15. The Balaban J connectivity index is 1.22. The molecule has 0 radical (unpaired) electrons. The van der Waals surface area contributed by atoms with Gasteiger partial charge in [0.25, 0.3) is 0 Å². The Bertz CT molecular complexity index is 4560. The van der Waals surface area contributed by atoms with E-state index in [-0.39, 0.29) is 75.4 Å². The number of phenols is 1. The van der Waals surface area contributed by atoms with Crippen molar-refractivity contribution in [3.05, 3.63) is 137 Å². The van der Waals surface area contributed by atoms with Crippen molar-refractivity contribution >= 4 is 144 Å². The number of Topliss-reactive ketones (excluding diaryl/α,β-unsaturated/α-hetero) is 1. The molecule has 1 fully saturated rings. The lowest BCUT2D eigenvalue weighted by Crippen LogP contribution is -2.62. The van der Waals surface area contributed by atoms with Crippen molar-refractivity contribution in [2.24, 2.45) is 0 Å². The summed E-state index contributed by atoms with van der Waals surface area (Å²) in [4.78, 5) is 216. The third-order valence-corrected chi connectivity index (χ3v) is 22.1. The van der Waals surface area contributed by atoms with E-state index in [1.54, 1.807) is 101 Å². The van der Waals surface area contributed by atoms with Crippen LogP contribution in [0.15, 0.2) is 109 Å². The fraction of sp³-hybridized carbons (Fsp3) is 0.488. The molecule has 12 atom stereocenters. The number of carboxylic acid groups (broad SMARTS) is 4. The van der Waals surface area contributed by atoms with E-state index in [2.05, 4.69) is 79.2 Å². The number of aromatic hydroxyl groups is 1. The molecule has 1 saturated heterocycles. The predicted molar refractivity (Wildman–Crippen MR) is 470 cm³/mol. The summed E-state index contributed by atoms with van der Waals surface area (Å²) < 4.78 is 5.35. The number of para-hydroxylation sites is 1. The summed E-state index contributed by atoms with van der Waals surface area (Å²) in [5.41, 5.74) is 7.03. The molecule has 0 bridgehead atoms. The second-order valence-electron chi connectivity index (χ2n) is 31.3. The van der Waals surface area contributed by atoms with Crippen LogP contribution in [0.4, 0.5) is 10.5 Å². The SMILES string of the molecule is C[C@@H](O)[C@@H]1NC(=O)[C@H](CCCCNC(=O)OC(C)(C)C)NC(=O)C(Cc2c[nH]c3ccccc23)NC(=O)[C@H](Cc2ccc(O)cc2)NC(=O)C(NC(=O)C(Cc2ccccc2)NC(=O)CC(=O)CNNCC(=O)[N-]C(=S)Nc2ccc(C[C@H](CN(CC(=O)O)CC(=O)O)N(COO)[C@@H](C)CN(CC(=O)O)CC(=O)O)cc2)CSSCC(C(=O)N[C@H](CO)[C@@H](C)O)NC1=O. The number of H-pyrrole nitrogens is 1. The average molecular weight is 1850 g/mol. The first-order chi connectivity index (χ1) is 60.6. The van der Waals surface area contributed by atoms with Gasteiger partial charge in [-0.3, -0.25) is 92.5 Å². The number of amides is 10. The van der Waals surface area contributed by atoms with Gasteiger partial charge in [-0.25, -0.2) is 15.1 Å². The molecule has 700 valence electrons. The number of ketones is 1. The first-order valence-corrected chi connectivity index (χ1v) is 43.5. The maximum Gasteiger partial charge on any atom is 0.407 e. The summed E-state index contributed by atoms with van der Waals surface area (Å²) in [6.45, 7) is 3.30. The summed E-state index contributed by atoms with van der Waals surface area (Å²) in [7, 11) is 1.70. The molecule has 43 nitrogen and oxygen atoms in total. The van der Waals surface area contributed by atoms with Crippen LogP contribution in [-0.4, -0.2) is 322 Å². The third kappa shape index (κ3) is 38.2. The lowest BCUT2D eigenvalue weighted by atomic mass is 10.0. The van der Waals surface area contributed by atoms with Crippen molar-refractivity contribution in [1.29, 1.82) is 0 Å². The van der Waals surface area contributed by atoms with Gasteiger partial charge < -0.3 is 109 Å². The van der Waals surface area contributed by atoms with Crippen LogP contribution in [-0.2, 0) is 102 Å². The Morgan fingerprint density at radius 3 is 1.82 bits per heavy atom. The smallest absolute Gasteiger partial charge is 0.407 e. The number of aliphatic hydroxyl groups excluding tert-OH is 3. The normalized spacial score (nSPS) is 18.3. The molecule has 6 rings (SSSR count). The molecule has 1 aliphatic rings. The van der Waals surface area contributed by atoms with Gasteiger partial charge in [-0.2, -0.15) is 0 Å². The van der Waals surface area contributed by atoms with Gasteiger partial charge in [0.2, 0.25) is 47.3 Å². The van der Waals surface area contributed by atoms with Gasteiger partial charge >= 0.3 is 30.0 Å². The fourth-order valence-corrected chi connectivity index (χ4v) is 15.8. The number of benzene rings is 4. The highest BCUT2D eigenvalue weighted by atomic mass is 33.1. The number of thiocarbonyl (C=S) groups is 1. The van der Waals surface area contributed by atoms with Crippen LogP contribution < -0.4 is 64.0 Å². The molecule has 128 heavy (non-hydrogen) atoms. The number of carbonyl (C=O) groups excluding carboxylic acids is 11. The molecule has 4 aromatic carbocycles. The lowest BCUT2D eigenvalue weighted by Gasteiger charge is -2.39. The monoisotopic (exact) mass is 1850 g/mol. The largest absolute Gasteiger partial charge is 0.508 e. The molecule has 2 heterocycles. The van der Waals surface area contributed by atoms with Crippen LogP contribution in [0, 0.1) is 0 Å². The van der Waals surface area contributed by atoms with Gasteiger partial charge in [0.1, 0.15) is 60.4 Å². The quantitative estimate of drug-likeness (QED) is 0.00421. The molecule has 1 aliphatic heterocycles. The third-order valence-electron chi connectivity index (χ3n) is 19.5. The number of phenolic OH excluding ortho intramolecular Hbond substituents is 1. The van der Waals surface area contributed by atoms with Crippen molar-refractivity contribution in [3.8, 4) is 5.75 Å². The van der Waals surface area contributed by atoms with Crippen LogP contribution in [0.25, 0.3) is 16.2 Å². The molecule has 4 unspecified atom stereocenters. The van der Waals surface area contributed by atoms with Gasteiger partial charge in [0.05, 0.1) is 70.5 Å². The molecular formula is C82H112N17O26S3-. The molecule has 0 aliphatic carbocycles. The molecule has 22 N–H and O–H groups in total. The van der Waals surface area contributed by atoms with Crippen LogP contribution in [0.3, 0.4) is 0 Å². The summed E-state index contributed by atoms with van der Waals surface area (Å²) in [6, 6.07) is 12.5. The number of hydrogen-bond donors (Lipinski definition) is 22. The first kappa shape index (κ1) is 105. The second-order valence-corrected chi connectivity index (χ2v) is 34.2. The molecule has 0 spiro atoms. The minimum absolute atomic E-state index is 0.0164. The van der Waals surface area contributed by atoms with Crippen LogP contribution >= 0.6 is 33.8 Å². The topological polar surface area (TPSA) is 641 Å². The number of aliphatic hydroxyl groups is 3. The fourth-order valence-electron chi connectivity index (χ4n) is 13.3. The number of nitrogens with zero attached hydrogens (tertiary/aromatic N) is 4. The van der Waals surface area contributed by atoms with E-state index >= 15 is 19.2 Å². The number of aliphatic carboxylic acids is 4. The van der Waals surface area contributed by atoms with Crippen molar-refractivity contribution in [2.75, 3.05) is 89.1 Å².